The third-order valence-electron chi connectivity index (χ3n) is 4.39. The molecule has 1 aromatic carbocycles. The summed E-state index contributed by atoms with van der Waals surface area (Å²) in [5, 5.41) is 20.4. The Morgan fingerprint density at radius 1 is 1.15 bits per heavy atom. The van der Waals surface area contributed by atoms with E-state index in [-0.39, 0.29) is 5.69 Å². The average molecular weight is 367 g/mol. The summed E-state index contributed by atoms with van der Waals surface area (Å²) in [4.78, 5) is 23.6. The molecule has 0 fully saturated rings. The zero-order chi connectivity index (χ0) is 19.6. The first-order chi connectivity index (χ1) is 12.9. The highest BCUT2D eigenvalue weighted by atomic mass is 16.4. The molecule has 8 nitrogen and oxygen atoms in total. The molecule has 2 N–H and O–H groups in total. The predicted molar refractivity (Wildman–Crippen MR) is 99.8 cm³/mol. The number of anilines is 1. The third kappa shape index (κ3) is 3.89. The molecule has 0 bridgehead atoms. The summed E-state index contributed by atoms with van der Waals surface area (Å²) in [7, 11) is 0. The number of rotatable bonds is 6. The number of aryl methyl sites for hydroxylation is 1. The van der Waals surface area contributed by atoms with Crippen molar-refractivity contribution in [1.29, 1.82) is 0 Å². The molecule has 3 rings (SSSR count). The quantitative estimate of drug-likeness (QED) is 0.697. The standard InChI is InChI=1S/C19H21N5O3/c1-12-17(13(2)24(21-12)11-15-7-5-4-6-8-15)20-18(25)16-9-10-23(22-16)14(3)19(26)27/h4-10,14H,11H2,1-3H3,(H,20,25)(H,26,27). The van der Waals surface area contributed by atoms with Gasteiger partial charge in [-0.3, -0.25) is 14.2 Å². The summed E-state index contributed by atoms with van der Waals surface area (Å²) in [5.41, 5.74) is 3.44. The summed E-state index contributed by atoms with van der Waals surface area (Å²) in [6, 6.07) is 10.6. The number of carbonyl (C=O) groups excluding carboxylic acids is 1. The van der Waals surface area contributed by atoms with Crippen LogP contribution >= 0.6 is 0 Å². The Morgan fingerprint density at radius 3 is 2.52 bits per heavy atom. The van der Waals surface area contributed by atoms with Crippen LogP contribution in [0.1, 0.15) is 40.4 Å². The van der Waals surface area contributed by atoms with Gasteiger partial charge in [0.15, 0.2) is 5.69 Å². The first-order valence-electron chi connectivity index (χ1n) is 8.54. The number of carboxylic acids is 1. The van der Waals surface area contributed by atoms with Crippen molar-refractivity contribution in [2.75, 3.05) is 5.32 Å². The Labute approximate surface area is 156 Å². The molecule has 0 aliphatic heterocycles. The van der Waals surface area contributed by atoms with E-state index in [1.54, 1.807) is 0 Å². The van der Waals surface area contributed by atoms with Crippen LogP contribution in [0.25, 0.3) is 0 Å². The minimum atomic E-state index is -1.01. The SMILES string of the molecule is Cc1nn(Cc2ccccc2)c(C)c1NC(=O)c1ccn(C(C)C(=O)O)n1. The Hall–Kier alpha value is -3.42. The number of hydrogen-bond donors (Lipinski definition) is 2. The Kier molecular flexibility index (Phi) is 5.07. The molecule has 0 spiro atoms. The normalized spacial score (nSPS) is 12.0. The molecule has 0 saturated carbocycles. The maximum absolute atomic E-state index is 12.5. The zero-order valence-electron chi connectivity index (χ0n) is 15.4. The first kappa shape index (κ1) is 18.4. The van der Waals surface area contributed by atoms with Crippen molar-refractivity contribution in [2.24, 2.45) is 0 Å². The number of benzene rings is 1. The monoisotopic (exact) mass is 367 g/mol. The highest BCUT2D eigenvalue weighted by Gasteiger charge is 2.19. The van der Waals surface area contributed by atoms with Gasteiger partial charge in [-0.1, -0.05) is 30.3 Å². The van der Waals surface area contributed by atoms with Crippen LogP contribution in [0, 0.1) is 13.8 Å². The van der Waals surface area contributed by atoms with E-state index < -0.39 is 17.9 Å². The van der Waals surface area contributed by atoms with E-state index >= 15 is 0 Å². The lowest BCUT2D eigenvalue weighted by atomic mass is 10.2. The Balaban J connectivity index is 1.78. The van der Waals surface area contributed by atoms with Crippen LogP contribution in [0.15, 0.2) is 42.6 Å². The molecule has 0 aliphatic carbocycles. The van der Waals surface area contributed by atoms with Crippen molar-refractivity contribution < 1.29 is 14.7 Å². The second kappa shape index (κ2) is 7.45. The highest BCUT2D eigenvalue weighted by molar-refractivity contribution is 6.03. The lowest BCUT2D eigenvalue weighted by Crippen LogP contribution is -2.18. The van der Waals surface area contributed by atoms with Crippen LogP contribution in [0.5, 0.6) is 0 Å². The predicted octanol–water partition coefficient (Wildman–Crippen LogP) is 2.64. The van der Waals surface area contributed by atoms with Crippen molar-refractivity contribution in [3.63, 3.8) is 0 Å². The van der Waals surface area contributed by atoms with Crippen LogP contribution in [0.2, 0.25) is 0 Å². The van der Waals surface area contributed by atoms with Gasteiger partial charge in [0.25, 0.3) is 5.91 Å². The van der Waals surface area contributed by atoms with Gasteiger partial charge in [-0.25, -0.2) is 4.79 Å². The summed E-state index contributed by atoms with van der Waals surface area (Å²) in [6.45, 7) is 5.83. The molecule has 2 heterocycles. The van der Waals surface area contributed by atoms with Gasteiger partial charge >= 0.3 is 5.97 Å². The molecule has 1 amide bonds. The molecule has 0 aliphatic rings. The molecule has 3 aromatic rings. The molecular formula is C19H21N5O3. The van der Waals surface area contributed by atoms with Crippen molar-refractivity contribution >= 4 is 17.6 Å². The van der Waals surface area contributed by atoms with E-state index in [0.29, 0.717) is 17.9 Å². The molecule has 8 heteroatoms. The van der Waals surface area contributed by atoms with Crippen LogP contribution < -0.4 is 5.32 Å². The zero-order valence-corrected chi connectivity index (χ0v) is 15.4. The molecule has 27 heavy (non-hydrogen) atoms. The molecule has 0 saturated heterocycles. The van der Waals surface area contributed by atoms with Crippen molar-refractivity contribution in [1.82, 2.24) is 19.6 Å². The lowest BCUT2D eigenvalue weighted by molar-refractivity contribution is -0.140. The maximum Gasteiger partial charge on any atom is 0.328 e. The fraction of sp³-hybridized carbons (Fsp3) is 0.263. The molecule has 0 radical (unpaired) electrons. The van der Waals surface area contributed by atoms with Gasteiger partial charge in [0.1, 0.15) is 6.04 Å². The number of aromatic nitrogens is 4. The Bertz CT molecular complexity index is 975. The number of nitrogens with one attached hydrogen (secondary N) is 1. The second-order valence-electron chi connectivity index (χ2n) is 6.34. The number of nitrogens with zero attached hydrogens (tertiary/aromatic N) is 4. The largest absolute Gasteiger partial charge is 0.480 e. The average Bonchev–Trinajstić information content (AvgIpc) is 3.23. The number of hydrogen-bond acceptors (Lipinski definition) is 4. The minimum Gasteiger partial charge on any atom is -0.480 e. The number of carboxylic acid groups (broad SMARTS) is 1. The summed E-state index contributed by atoms with van der Waals surface area (Å²) < 4.78 is 3.08. The maximum atomic E-state index is 12.5. The first-order valence-corrected chi connectivity index (χ1v) is 8.54. The van der Waals surface area contributed by atoms with E-state index in [9.17, 15) is 9.59 Å². The van der Waals surface area contributed by atoms with Crippen molar-refractivity contribution in [3.05, 3.63) is 65.2 Å². The van der Waals surface area contributed by atoms with Gasteiger partial charge in [0.2, 0.25) is 0 Å². The smallest absolute Gasteiger partial charge is 0.328 e. The van der Waals surface area contributed by atoms with Gasteiger partial charge in [0.05, 0.1) is 23.6 Å². The fourth-order valence-electron chi connectivity index (χ4n) is 2.75. The summed E-state index contributed by atoms with van der Waals surface area (Å²) in [6.07, 6.45) is 1.48. The van der Waals surface area contributed by atoms with Crippen molar-refractivity contribution in [2.45, 2.75) is 33.4 Å². The van der Waals surface area contributed by atoms with E-state index in [1.165, 1.54) is 23.9 Å². The van der Waals surface area contributed by atoms with Gasteiger partial charge in [-0.15, -0.1) is 0 Å². The fourth-order valence-corrected chi connectivity index (χ4v) is 2.75. The number of aliphatic carboxylic acids is 1. The Morgan fingerprint density at radius 2 is 1.85 bits per heavy atom. The summed E-state index contributed by atoms with van der Waals surface area (Å²) >= 11 is 0. The lowest BCUT2D eigenvalue weighted by Gasteiger charge is -2.07. The van der Waals surface area contributed by atoms with E-state index in [4.69, 9.17) is 5.11 Å². The van der Waals surface area contributed by atoms with Gasteiger partial charge < -0.3 is 10.4 Å². The van der Waals surface area contributed by atoms with Crippen LogP contribution in [0.4, 0.5) is 5.69 Å². The summed E-state index contributed by atoms with van der Waals surface area (Å²) in [5.74, 6) is -1.42. The highest BCUT2D eigenvalue weighted by Crippen LogP contribution is 2.21. The van der Waals surface area contributed by atoms with Gasteiger partial charge in [-0.05, 0) is 32.4 Å². The van der Waals surface area contributed by atoms with Crippen molar-refractivity contribution in [3.8, 4) is 0 Å². The molecular weight excluding hydrogens is 346 g/mol. The molecule has 1 unspecified atom stereocenters. The van der Waals surface area contributed by atoms with E-state index in [2.05, 4.69) is 15.5 Å². The van der Waals surface area contributed by atoms with Gasteiger partial charge in [0, 0.05) is 6.20 Å². The molecule has 1 atom stereocenters. The number of amides is 1. The van der Waals surface area contributed by atoms with E-state index in [1.807, 2.05) is 48.9 Å². The topological polar surface area (TPSA) is 102 Å². The molecule has 140 valence electrons. The van der Waals surface area contributed by atoms with Gasteiger partial charge in [-0.2, -0.15) is 10.2 Å². The number of carbonyl (C=O) groups is 2. The third-order valence-corrected chi connectivity index (χ3v) is 4.39. The van der Waals surface area contributed by atoms with Crippen LogP contribution in [0.3, 0.4) is 0 Å². The minimum absolute atomic E-state index is 0.151. The second-order valence-corrected chi connectivity index (χ2v) is 6.34. The van der Waals surface area contributed by atoms with Crippen LogP contribution in [-0.2, 0) is 11.3 Å². The van der Waals surface area contributed by atoms with Crippen LogP contribution in [-0.4, -0.2) is 36.5 Å². The van der Waals surface area contributed by atoms with E-state index in [0.717, 1.165) is 11.3 Å². The molecule has 2 aromatic heterocycles.